The summed E-state index contributed by atoms with van der Waals surface area (Å²) < 4.78 is 25.6. The number of benzene rings is 1. The zero-order chi connectivity index (χ0) is 21.3. The van der Waals surface area contributed by atoms with E-state index in [1.54, 1.807) is 4.31 Å². The monoisotopic (exact) mass is 445 g/mol. The number of nitrogens with two attached hydrogens (primary N) is 1. The van der Waals surface area contributed by atoms with Crippen LogP contribution in [0.15, 0.2) is 36.5 Å². The normalized spacial score (nSPS) is 20.2. The number of rotatable bonds is 5. The van der Waals surface area contributed by atoms with Crippen LogP contribution < -0.4 is 5.73 Å². The number of allylic oxidation sites excluding steroid dienone is 1. The molecule has 0 saturated carbocycles. The van der Waals surface area contributed by atoms with Gasteiger partial charge >= 0.3 is 0 Å². The van der Waals surface area contributed by atoms with E-state index in [1.807, 2.05) is 24.4 Å². The zero-order valence-corrected chi connectivity index (χ0v) is 18.8. The van der Waals surface area contributed by atoms with Crippen molar-refractivity contribution >= 4 is 33.3 Å². The average Bonchev–Trinajstić information content (AvgIpc) is 2.86. The molecule has 2 aliphatic rings. The third kappa shape index (κ3) is 4.33. The molecule has 30 heavy (non-hydrogen) atoms. The van der Waals surface area contributed by atoms with Crippen molar-refractivity contribution in [1.29, 1.82) is 0 Å². The van der Waals surface area contributed by atoms with Crippen molar-refractivity contribution in [2.75, 3.05) is 25.9 Å². The standard InChI is InChI=1S/C23H28ClN3O2S/c1-30(28,29)27-12-8-16(9-13-27)22-20-7-6-19(24)15-18(20)14-17(4-2-10-25)21-5-3-11-26-23(21)22/h3,5-7,11,14-16,22H,2,4,8-10,12-13,25H2,1H3. The van der Waals surface area contributed by atoms with Crippen LogP contribution in [0.4, 0.5) is 0 Å². The predicted molar refractivity (Wildman–Crippen MR) is 123 cm³/mol. The highest BCUT2D eigenvalue weighted by molar-refractivity contribution is 7.88. The number of fused-ring (bicyclic) bond motifs is 2. The van der Waals surface area contributed by atoms with Gasteiger partial charge in [0, 0.05) is 30.2 Å². The smallest absolute Gasteiger partial charge is 0.211 e. The summed E-state index contributed by atoms with van der Waals surface area (Å²) in [4.78, 5) is 4.85. The maximum atomic E-state index is 12.0. The number of halogens is 1. The fourth-order valence-electron chi connectivity index (χ4n) is 4.82. The summed E-state index contributed by atoms with van der Waals surface area (Å²) in [6.45, 7) is 1.75. The minimum atomic E-state index is -3.15. The van der Waals surface area contributed by atoms with Gasteiger partial charge in [-0.2, -0.15) is 0 Å². The van der Waals surface area contributed by atoms with E-state index in [-0.39, 0.29) is 5.92 Å². The molecule has 1 aliphatic heterocycles. The van der Waals surface area contributed by atoms with E-state index in [4.69, 9.17) is 22.3 Å². The molecule has 1 aromatic carbocycles. The summed E-state index contributed by atoms with van der Waals surface area (Å²) in [5, 5.41) is 0.715. The summed E-state index contributed by atoms with van der Waals surface area (Å²) in [5.74, 6) is 0.431. The molecule has 1 saturated heterocycles. The van der Waals surface area contributed by atoms with Gasteiger partial charge in [-0.3, -0.25) is 4.98 Å². The number of hydrogen-bond acceptors (Lipinski definition) is 4. The molecule has 0 spiro atoms. The highest BCUT2D eigenvalue weighted by Crippen LogP contribution is 2.45. The highest BCUT2D eigenvalue weighted by Gasteiger charge is 2.35. The molecule has 4 rings (SSSR count). The first-order valence-corrected chi connectivity index (χ1v) is 12.7. The Morgan fingerprint density at radius 2 is 2.00 bits per heavy atom. The topological polar surface area (TPSA) is 76.3 Å². The summed E-state index contributed by atoms with van der Waals surface area (Å²) in [5.41, 5.74) is 11.6. The Morgan fingerprint density at radius 3 is 2.70 bits per heavy atom. The average molecular weight is 446 g/mol. The van der Waals surface area contributed by atoms with Gasteiger partial charge in [-0.05, 0) is 78.6 Å². The Bertz CT molecular complexity index is 1060. The van der Waals surface area contributed by atoms with Gasteiger partial charge in [-0.15, -0.1) is 0 Å². The first kappa shape index (κ1) is 21.5. The van der Waals surface area contributed by atoms with Crippen molar-refractivity contribution in [3.8, 4) is 0 Å². The molecule has 0 amide bonds. The maximum absolute atomic E-state index is 12.0. The van der Waals surface area contributed by atoms with Gasteiger partial charge in [-0.25, -0.2) is 12.7 Å². The molecule has 7 heteroatoms. The van der Waals surface area contributed by atoms with Gasteiger partial charge in [0.1, 0.15) is 0 Å². The Morgan fingerprint density at radius 1 is 1.23 bits per heavy atom. The molecule has 2 aromatic rings. The minimum absolute atomic E-state index is 0.113. The van der Waals surface area contributed by atoms with Gasteiger partial charge in [0.15, 0.2) is 0 Å². The minimum Gasteiger partial charge on any atom is -0.330 e. The summed E-state index contributed by atoms with van der Waals surface area (Å²) >= 11 is 6.36. The van der Waals surface area contributed by atoms with Crippen LogP contribution in [0.1, 0.15) is 54.0 Å². The number of aromatic nitrogens is 1. The third-order valence-electron chi connectivity index (χ3n) is 6.28. The van der Waals surface area contributed by atoms with E-state index in [0.717, 1.165) is 36.9 Å². The SMILES string of the molecule is CS(=O)(=O)N1CCC(C2c3ccc(Cl)cc3C=C(CCCN)c3cccnc32)CC1. The molecule has 1 aliphatic carbocycles. The second-order valence-corrected chi connectivity index (χ2v) is 10.7. The van der Waals surface area contributed by atoms with Crippen LogP contribution in [0.5, 0.6) is 0 Å². The Hall–Kier alpha value is -1.73. The lowest BCUT2D eigenvalue weighted by atomic mass is 9.76. The van der Waals surface area contributed by atoms with Gasteiger partial charge < -0.3 is 5.73 Å². The van der Waals surface area contributed by atoms with Crippen molar-refractivity contribution in [3.63, 3.8) is 0 Å². The molecule has 5 nitrogen and oxygen atoms in total. The van der Waals surface area contributed by atoms with E-state index >= 15 is 0 Å². The van der Waals surface area contributed by atoms with E-state index < -0.39 is 10.0 Å². The molecular formula is C23H28ClN3O2S. The lowest BCUT2D eigenvalue weighted by Crippen LogP contribution is -2.39. The first-order chi connectivity index (χ1) is 14.4. The lowest BCUT2D eigenvalue weighted by molar-refractivity contribution is 0.256. The van der Waals surface area contributed by atoms with Crippen LogP contribution in [-0.4, -0.2) is 43.6 Å². The number of pyridine rings is 1. The molecular weight excluding hydrogens is 418 g/mol. The predicted octanol–water partition coefficient (Wildman–Crippen LogP) is 4.13. The maximum Gasteiger partial charge on any atom is 0.211 e. The highest BCUT2D eigenvalue weighted by atomic mass is 35.5. The molecule has 1 fully saturated rings. The molecule has 1 unspecified atom stereocenters. The van der Waals surface area contributed by atoms with Crippen LogP contribution in [0.25, 0.3) is 11.6 Å². The van der Waals surface area contributed by atoms with E-state index in [9.17, 15) is 8.42 Å². The van der Waals surface area contributed by atoms with Crippen LogP contribution in [0, 0.1) is 5.92 Å². The first-order valence-electron chi connectivity index (χ1n) is 10.5. The van der Waals surface area contributed by atoms with Crippen LogP contribution in [-0.2, 0) is 10.0 Å². The molecule has 2 N–H and O–H groups in total. The van der Waals surface area contributed by atoms with Crippen LogP contribution >= 0.6 is 11.6 Å². The van der Waals surface area contributed by atoms with Crippen LogP contribution in [0.3, 0.4) is 0 Å². The fraction of sp³-hybridized carbons (Fsp3) is 0.435. The molecule has 0 bridgehead atoms. The van der Waals surface area contributed by atoms with Crippen LogP contribution in [0.2, 0.25) is 5.02 Å². The summed E-state index contributed by atoms with van der Waals surface area (Å²) in [6, 6.07) is 10.2. The van der Waals surface area contributed by atoms with Crippen molar-refractivity contribution < 1.29 is 8.42 Å². The van der Waals surface area contributed by atoms with Crippen molar-refractivity contribution in [2.45, 2.75) is 31.6 Å². The molecule has 0 radical (unpaired) electrons. The number of nitrogens with zero attached hydrogens (tertiary/aromatic N) is 2. The zero-order valence-electron chi connectivity index (χ0n) is 17.2. The number of sulfonamides is 1. The third-order valence-corrected chi connectivity index (χ3v) is 7.82. The fourth-order valence-corrected chi connectivity index (χ4v) is 5.88. The second kappa shape index (κ2) is 8.79. The summed E-state index contributed by atoms with van der Waals surface area (Å²) in [6.07, 6.45) is 8.82. The van der Waals surface area contributed by atoms with E-state index in [1.165, 1.54) is 23.0 Å². The van der Waals surface area contributed by atoms with Gasteiger partial charge in [0.25, 0.3) is 0 Å². The Labute approximate surface area is 184 Å². The quantitative estimate of drug-likeness (QED) is 0.750. The van der Waals surface area contributed by atoms with Crippen molar-refractivity contribution in [1.82, 2.24) is 9.29 Å². The number of piperidine rings is 1. The Balaban J connectivity index is 1.79. The molecule has 2 heterocycles. The Kier molecular flexibility index (Phi) is 6.30. The van der Waals surface area contributed by atoms with Gasteiger partial charge in [0.2, 0.25) is 10.0 Å². The largest absolute Gasteiger partial charge is 0.330 e. The van der Waals surface area contributed by atoms with Gasteiger partial charge in [-0.1, -0.05) is 29.8 Å². The van der Waals surface area contributed by atoms with Gasteiger partial charge in [0.05, 0.1) is 11.9 Å². The number of hydrogen-bond donors (Lipinski definition) is 1. The molecule has 1 aromatic heterocycles. The lowest BCUT2D eigenvalue weighted by Gasteiger charge is -2.35. The van der Waals surface area contributed by atoms with Crippen molar-refractivity contribution in [2.24, 2.45) is 11.7 Å². The summed E-state index contributed by atoms with van der Waals surface area (Å²) in [7, 11) is -3.15. The molecule has 1 atom stereocenters. The van der Waals surface area contributed by atoms with E-state index in [2.05, 4.69) is 18.2 Å². The van der Waals surface area contributed by atoms with E-state index in [0.29, 0.717) is 30.6 Å². The van der Waals surface area contributed by atoms with Crippen molar-refractivity contribution in [3.05, 3.63) is 63.9 Å². The molecule has 160 valence electrons. The second-order valence-electron chi connectivity index (χ2n) is 8.25.